The molecule has 13 nitrogen and oxygen atoms in total. The predicted octanol–water partition coefficient (Wildman–Crippen LogP) is 4.42. The molecule has 2 amide bonds. The van der Waals surface area contributed by atoms with Gasteiger partial charge in [-0.15, -0.1) is 0 Å². The first kappa shape index (κ1) is 34.5. The number of nitrogens with one attached hydrogen (secondary N) is 1. The van der Waals surface area contributed by atoms with Gasteiger partial charge in [0.05, 0.1) is 28.2 Å². The number of aromatic hydroxyl groups is 1. The summed E-state index contributed by atoms with van der Waals surface area (Å²) in [5.74, 6) is -0.170. The SMILES string of the molecule is CCc1c(N2CCN(C(=O)c3ncnc(C)c3O)C[C@@H]2C)c(=O)c2nc(N3CC[C@@H]4C[C@@H]43)cnc2n1CC(=O)Nc1ccc(C(F)(F)F)cc1Cl. The van der Waals surface area contributed by atoms with Crippen LogP contribution in [0.15, 0.2) is 35.5 Å². The lowest BCUT2D eigenvalue weighted by atomic mass is 10.1. The van der Waals surface area contributed by atoms with Crippen LogP contribution in [0.1, 0.15) is 54.1 Å². The van der Waals surface area contributed by atoms with Crippen LogP contribution in [0.5, 0.6) is 5.75 Å². The van der Waals surface area contributed by atoms with Crippen molar-refractivity contribution < 1.29 is 27.9 Å². The smallest absolute Gasteiger partial charge is 0.416 e. The van der Waals surface area contributed by atoms with Gasteiger partial charge in [-0.25, -0.2) is 19.9 Å². The summed E-state index contributed by atoms with van der Waals surface area (Å²) < 4.78 is 41.3. The third kappa shape index (κ3) is 6.29. The molecule has 1 aromatic carbocycles. The van der Waals surface area contributed by atoms with Crippen LogP contribution >= 0.6 is 11.6 Å². The quantitative estimate of drug-likeness (QED) is 0.281. The number of halogens is 4. The van der Waals surface area contributed by atoms with Crippen LogP contribution in [-0.4, -0.2) is 84.6 Å². The molecule has 3 aliphatic rings. The molecule has 2 N–H and O–H groups in total. The molecule has 0 spiro atoms. The molecule has 3 atom stereocenters. The maximum Gasteiger partial charge on any atom is 0.416 e. The van der Waals surface area contributed by atoms with Gasteiger partial charge in [0.2, 0.25) is 11.3 Å². The van der Waals surface area contributed by atoms with Crippen molar-refractivity contribution >= 4 is 51.8 Å². The van der Waals surface area contributed by atoms with E-state index in [1.807, 2.05) is 18.7 Å². The van der Waals surface area contributed by atoms with E-state index in [-0.39, 0.29) is 76.7 Å². The number of piperazine rings is 1. The first-order valence-electron chi connectivity index (χ1n) is 16.7. The molecule has 4 aromatic rings. The zero-order valence-corrected chi connectivity index (χ0v) is 28.8. The summed E-state index contributed by atoms with van der Waals surface area (Å²) in [6, 6.07) is 2.66. The number of nitrogens with zero attached hydrogens (tertiary/aromatic N) is 8. The summed E-state index contributed by atoms with van der Waals surface area (Å²) in [4.78, 5) is 64.5. The fourth-order valence-corrected chi connectivity index (χ4v) is 7.47. The number of pyridine rings is 1. The van der Waals surface area contributed by atoms with E-state index in [0.717, 1.165) is 37.6 Å². The summed E-state index contributed by atoms with van der Waals surface area (Å²) >= 11 is 6.14. The minimum absolute atomic E-state index is 0.000917. The first-order valence-corrected chi connectivity index (χ1v) is 17.1. The number of carbonyl (C=O) groups is 2. The molecule has 17 heteroatoms. The van der Waals surface area contributed by atoms with Crippen LogP contribution < -0.4 is 20.5 Å². The largest absolute Gasteiger partial charge is 0.504 e. The van der Waals surface area contributed by atoms with Crippen molar-refractivity contribution in [2.75, 3.05) is 41.3 Å². The second-order valence-electron chi connectivity index (χ2n) is 13.2. The maximum absolute atomic E-state index is 14.5. The van der Waals surface area contributed by atoms with Gasteiger partial charge >= 0.3 is 6.18 Å². The molecule has 0 radical (unpaired) electrons. The lowest BCUT2D eigenvalue weighted by Crippen LogP contribution is -2.55. The Morgan fingerprint density at radius 2 is 1.90 bits per heavy atom. The van der Waals surface area contributed by atoms with Crippen LogP contribution in [0.2, 0.25) is 5.02 Å². The molecule has 51 heavy (non-hydrogen) atoms. The molecule has 5 heterocycles. The highest BCUT2D eigenvalue weighted by atomic mass is 35.5. The number of rotatable bonds is 7. The van der Waals surface area contributed by atoms with E-state index < -0.39 is 23.6 Å². The third-order valence-electron chi connectivity index (χ3n) is 9.96. The van der Waals surface area contributed by atoms with Crippen molar-refractivity contribution in [2.24, 2.45) is 5.92 Å². The fraction of sp³-hybridized carbons (Fsp3) is 0.441. The highest BCUT2D eigenvalue weighted by Crippen LogP contribution is 2.46. The number of benzene rings is 1. The van der Waals surface area contributed by atoms with Gasteiger partial charge in [-0.3, -0.25) is 14.4 Å². The lowest BCUT2D eigenvalue weighted by molar-refractivity contribution is -0.137. The lowest BCUT2D eigenvalue weighted by Gasteiger charge is -2.41. The average molecular weight is 726 g/mol. The normalized spacial score (nSPS) is 20.1. The number of fused-ring (bicyclic) bond motifs is 2. The van der Waals surface area contributed by atoms with E-state index in [9.17, 15) is 32.7 Å². The second kappa shape index (κ2) is 13.0. The molecule has 1 saturated carbocycles. The Balaban J connectivity index is 1.25. The number of hydrogen-bond donors (Lipinski definition) is 2. The zero-order valence-electron chi connectivity index (χ0n) is 28.0. The Morgan fingerprint density at radius 3 is 2.55 bits per heavy atom. The Morgan fingerprint density at radius 1 is 1.12 bits per heavy atom. The van der Waals surface area contributed by atoms with Crippen LogP contribution in [-0.2, 0) is 23.9 Å². The monoisotopic (exact) mass is 725 g/mol. The number of aromatic nitrogens is 5. The first-order chi connectivity index (χ1) is 24.3. The topological polar surface area (TPSA) is 150 Å². The Bertz CT molecular complexity index is 2130. The standard InChI is InChI=1S/C34H35ClF3N9O4/c1-4-23-29(45-10-9-44(14-17(45)2)33(51)28-30(49)18(3)40-16-41-28)31(50)27-32(39-13-25(43-27)46-8-7-19-11-24(19)46)47(23)15-26(48)42-22-6-5-20(12-21(22)35)34(36,37)38/h5-6,12-13,16-17,19,24,49H,4,7-11,14-15H2,1-3H3,(H,42,48)/t17-,19+,24-/m0/s1. The van der Waals surface area contributed by atoms with Crippen molar-refractivity contribution in [1.82, 2.24) is 29.4 Å². The van der Waals surface area contributed by atoms with Gasteiger partial charge in [-0.1, -0.05) is 18.5 Å². The van der Waals surface area contributed by atoms with E-state index in [1.54, 1.807) is 22.6 Å². The number of amides is 2. The number of aryl methyl sites for hydroxylation is 1. The minimum atomic E-state index is -4.60. The number of carbonyl (C=O) groups excluding carboxylic acids is 2. The van der Waals surface area contributed by atoms with Crippen LogP contribution in [0.3, 0.4) is 0 Å². The van der Waals surface area contributed by atoms with Crippen molar-refractivity contribution in [1.29, 1.82) is 0 Å². The minimum Gasteiger partial charge on any atom is -0.504 e. The van der Waals surface area contributed by atoms with Crippen molar-refractivity contribution in [3.63, 3.8) is 0 Å². The zero-order chi connectivity index (χ0) is 36.4. The van der Waals surface area contributed by atoms with Crippen molar-refractivity contribution in [2.45, 2.75) is 64.8 Å². The Kier molecular flexibility index (Phi) is 8.76. The molecule has 1 aliphatic carbocycles. The number of hydrogen-bond acceptors (Lipinski definition) is 10. The van der Waals surface area contributed by atoms with Crippen LogP contribution in [0.4, 0.5) is 30.4 Å². The van der Waals surface area contributed by atoms with Gasteiger partial charge in [0.1, 0.15) is 24.4 Å². The van der Waals surface area contributed by atoms with Gasteiger partial charge in [0.15, 0.2) is 22.6 Å². The molecule has 268 valence electrons. The summed E-state index contributed by atoms with van der Waals surface area (Å²) in [6.45, 7) is 6.41. The van der Waals surface area contributed by atoms with E-state index >= 15 is 0 Å². The van der Waals surface area contributed by atoms with E-state index in [4.69, 9.17) is 16.6 Å². The van der Waals surface area contributed by atoms with Gasteiger partial charge < -0.3 is 29.7 Å². The Hall–Kier alpha value is -4.99. The molecular formula is C34H35ClF3N9O4. The molecule has 2 saturated heterocycles. The molecule has 2 aliphatic heterocycles. The molecule has 7 rings (SSSR count). The molecule has 3 aromatic heterocycles. The van der Waals surface area contributed by atoms with E-state index in [1.165, 1.54) is 6.33 Å². The van der Waals surface area contributed by atoms with Gasteiger partial charge in [0.25, 0.3) is 5.91 Å². The van der Waals surface area contributed by atoms with Gasteiger partial charge in [-0.05, 0) is 57.2 Å². The molecule has 0 unspecified atom stereocenters. The van der Waals surface area contributed by atoms with Crippen molar-refractivity contribution in [3.8, 4) is 5.75 Å². The third-order valence-corrected chi connectivity index (χ3v) is 10.3. The summed E-state index contributed by atoms with van der Waals surface area (Å²) in [7, 11) is 0. The molecule has 0 bridgehead atoms. The number of alkyl halides is 3. The highest BCUT2D eigenvalue weighted by molar-refractivity contribution is 6.33. The molecular weight excluding hydrogens is 691 g/mol. The summed E-state index contributed by atoms with van der Waals surface area (Å²) in [6.07, 6.45) is 0.633. The second-order valence-corrected chi connectivity index (χ2v) is 13.6. The van der Waals surface area contributed by atoms with Gasteiger partial charge in [0, 0.05) is 44.0 Å². The van der Waals surface area contributed by atoms with Crippen molar-refractivity contribution in [3.05, 3.63) is 68.6 Å². The average Bonchev–Trinajstić information content (AvgIpc) is 3.75. The summed E-state index contributed by atoms with van der Waals surface area (Å²) in [5.41, 5.74) is -0.0360. The maximum atomic E-state index is 14.5. The van der Waals surface area contributed by atoms with Crippen LogP contribution in [0.25, 0.3) is 11.2 Å². The highest BCUT2D eigenvalue weighted by Gasteiger charge is 2.47. The fourth-order valence-electron chi connectivity index (χ4n) is 7.24. The summed E-state index contributed by atoms with van der Waals surface area (Å²) in [5, 5.41) is 12.8. The van der Waals surface area contributed by atoms with Crippen LogP contribution in [0, 0.1) is 12.8 Å². The number of piperidine rings is 1. The number of anilines is 3. The molecule has 3 fully saturated rings. The Labute approximate surface area is 295 Å². The van der Waals surface area contributed by atoms with E-state index in [2.05, 4.69) is 25.2 Å². The predicted molar refractivity (Wildman–Crippen MR) is 183 cm³/mol. The van der Waals surface area contributed by atoms with E-state index in [0.29, 0.717) is 35.6 Å². The van der Waals surface area contributed by atoms with Gasteiger partial charge in [-0.2, -0.15) is 13.2 Å².